The maximum Gasteiger partial charge on any atom is 0.490 e. The SMILES string of the molecule is Cn1cc(N2C[C@@H]3CN(Cc4ccccn4)C[C@@H]3C2=O)cn1.O=C(O)C(F)(F)F.O=C(O)C(F)(F)F. The van der Waals surface area contributed by atoms with Crippen LogP contribution in [0.1, 0.15) is 5.69 Å². The molecule has 2 N–H and O–H groups in total. The summed E-state index contributed by atoms with van der Waals surface area (Å²) in [4.78, 5) is 39.0. The van der Waals surface area contributed by atoms with Gasteiger partial charge in [0.25, 0.3) is 0 Å². The lowest BCUT2D eigenvalue weighted by atomic mass is 10.0. The summed E-state index contributed by atoms with van der Waals surface area (Å²) in [5.41, 5.74) is 1.98. The molecule has 4 heterocycles. The summed E-state index contributed by atoms with van der Waals surface area (Å²) in [6.07, 6.45) is -4.67. The molecule has 36 heavy (non-hydrogen) atoms. The van der Waals surface area contributed by atoms with Crippen molar-refractivity contribution in [1.29, 1.82) is 0 Å². The smallest absolute Gasteiger partial charge is 0.475 e. The van der Waals surface area contributed by atoms with E-state index in [1.54, 1.807) is 10.9 Å². The molecule has 0 saturated carbocycles. The Kier molecular flexibility index (Phi) is 9.01. The Labute approximate surface area is 199 Å². The van der Waals surface area contributed by atoms with Crippen molar-refractivity contribution in [2.24, 2.45) is 18.9 Å². The number of rotatable bonds is 3. The molecule has 0 spiro atoms. The van der Waals surface area contributed by atoms with Crippen LogP contribution < -0.4 is 4.90 Å². The van der Waals surface area contributed by atoms with Crippen LogP contribution in [0.4, 0.5) is 32.0 Å². The number of carbonyl (C=O) groups excluding carboxylic acids is 1. The number of fused-ring (bicyclic) bond motifs is 1. The molecule has 2 atom stereocenters. The minimum absolute atomic E-state index is 0.115. The van der Waals surface area contributed by atoms with Crippen LogP contribution >= 0.6 is 0 Å². The van der Waals surface area contributed by atoms with Crippen molar-refractivity contribution in [3.05, 3.63) is 42.5 Å². The number of aromatic nitrogens is 3. The van der Waals surface area contributed by atoms with E-state index in [0.29, 0.717) is 5.92 Å². The minimum atomic E-state index is -5.08. The second kappa shape index (κ2) is 11.4. The molecule has 10 nitrogen and oxygen atoms in total. The van der Waals surface area contributed by atoms with Crippen LogP contribution in [0.3, 0.4) is 0 Å². The van der Waals surface area contributed by atoms with Gasteiger partial charge in [0.1, 0.15) is 0 Å². The third-order valence-electron chi connectivity index (χ3n) is 5.12. The maximum absolute atomic E-state index is 12.6. The third-order valence-corrected chi connectivity index (χ3v) is 5.12. The molecule has 0 bridgehead atoms. The first-order valence-electron chi connectivity index (χ1n) is 10.1. The lowest BCUT2D eigenvalue weighted by Gasteiger charge is -2.20. The summed E-state index contributed by atoms with van der Waals surface area (Å²) in [5, 5.41) is 18.4. The number of anilines is 1. The number of hydrogen-bond acceptors (Lipinski definition) is 6. The molecule has 198 valence electrons. The summed E-state index contributed by atoms with van der Waals surface area (Å²) in [6, 6.07) is 5.98. The molecule has 0 unspecified atom stereocenters. The summed E-state index contributed by atoms with van der Waals surface area (Å²) >= 11 is 0. The molecule has 0 aromatic carbocycles. The number of alkyl halides is 6. The van der Waals surface area contributed by atoms with Crippen LogP contribution in [0, 0.1) is 11.8 Å². The molecule has 2 saturated heterocycles. The number of carboxylic acids is 2. The predicted octanol–water partition coefficient (Wildman–Crippen LogP) is 2.18. The fourth-order valence-electron chi connectivity index (χ4n) is 3.58. The Hall–Kier alpha value is -3.69. The molecule has 2 aromatic heterocycles. The molecule has 2 aliphatic rings. The Morgan fingerprint density at radius 3 is 2.03 bits per heavy atom. The van der Waals surface area contributed by atoms with Gasteiger partial charge < -0.3 is 15.1 Å². The zero-order valence-corrected chi connectivity index (χ0v) is 18.6. The quantitative estimate of drug-likeness (QED) is 0.584. The lowest BCUT2D eigenvalue weighted by molar-refractivity contribution is -0.193. The maximum atomic E-state index is 12.6. The Morgan fingerprint density at radius 1 is 1.03 bits per heavy atom. The number of carbonyl (C=O) groups is 3. The van der Waals surface area contributed by atoms with E-state index < -0.39 is 24.3 Å². The largest absolute Gasteiger partial charge is 0.490 e. The van der Waals surface area contributed by atoms with Gasteiger partial charge in [0.2, 0.25) is 5.91 Å². The number of aryl methyl sites for hydroxylation is 1. The monoisotopic (exact) mass is 525 g/mol. The Bertz CT molecular complexity index is 1040. The minimum Gasteiger partial charge on any atom is -0.475 e. The van der Waals surface area contributed by atoms with Gasteiger partial charge in [-0.25, -0.2) is 9.59 Å². The van der Waals surface area contributed by atoms with E-state index >= 15 is 0 Å². The zero-order valence-electron chi connectivity index (χ0n) is 18.6. The highest BCUT2D eigenvalue weighted by Gasteiger charge is 2.46. The van der Waals surface area contributed by atoms with Gasteiger partial charge in [0, 0.05) is 51.5 Å². The van der Waals surface area contributed by atoms with Gasteiger partial charge in [0.05, 0.1) is 23.5 Å². The number of halogens is 6. The first-order valence-corrected chi connectivity index (χ1v) is 10.1. The number of pyridine rings is 1. The highest BCUT2D eigenvalue weighted by molar-refractivity contribution is 5.97. The molecule has 2 fully saturated rings. The van der Waals surface area contributed by atoms with Gasteiger partial charge in [-0.3, -0.25) is 19.4 Å². The van der Waals surface area contributed by atoms with Gasteiger partial charge in [-0.1, -0.05) is 6.07 Å². The molecule has 1 amide bonds. The van der Waals surface area contributed by atoms with E-state index in [-0.39, 0.29) is 11.8 Å². The number of carboxylic acid groups (broad SMARTS) is 2. The molecule has 2 aromatic rings. The van der Waals surface area contributed by atoms with Crippen molar-refractivity contribution in [2.45, 2.75) is 18.9 Å². The van der Waals surface area contributed by atoms with Crippen molar-refractivity contribution in [2.75, 3.05) is 24.5 Å². The zero-order chi connectivity index (χ0) is 27.3. The molecule has 16 heteroatoms. The predicted molar refractivity (Wildman–Crippen MR) is 109 cm³/mol. The van der Waals surface area contributed by atoms with E-state index in [1.165, 1.54) is 0 Å². The summed E-state index contributed by atoms with van der Waals surface area (Å²) < 4.78 is 65.2. The summed E-state index contributed by atoms with van der Waals surface area (Å²) in [6.45, 7) is 3.42. The number of hydrogen-bond donors (Lipinski definition) is 2. The van der Waals surface area contributed by atoms with Gasteiger partial charge in [0.15, 0.2) is 0 Å². The van der Waals surface area contributed by atoms with E-state index in [1.807, 2.05) is 42.5 Å². The number of aliphatic carboxylic acids is 2. The third kappa shape index (κ3) is 7.93. The lowest BCUT2D eigenvalue weighted by Crippen LogP contribution is -2.32. The van der Waals surface area contributed by atoms with Gasteiger partial charge >= 0.3 is 24.3 Å². The van der Waals surface area contributed by atoms with Crippen LogP contribution in [0.15, 0.2) is 36.8 Å². The van der Waals surface area contributed by atoms with Crippen LogP contribution in [-0.2, 0) is 28.0 Å². The highest BCUT2D eigenvalue weighted by Crippen LogP contribution is 2.35. The normalized spacial score (nSPS) is 19.6. The first-order chi connectivity index (χ1) is 16.6. The van der Waals surface area contributed by atoms with Crippen molar-refractivity contribution >= 4 is 23.5 Å². The average molecular weight is 525 g/mol. The van der Waals surface area contributed by atoms with Gasteiger partial charge in [-0.05, 0) is 12.1 Å². The van der Waals surface area contributed by atoms with Gasteiger partial charge in [-0.2, -0.15) is 31.4 Å². The highest BCUT2D eigenvalue weighted by atomic mass is 19.4. The number of nitrogens with zero attached hydrogens (tertiary/aromatic N) is 5. The first kappa shape index (κ1) is 28.5. The van der Waals surface area contributed by atoms with Crippen molar-refractivity contribution in [3.63, 3.8) is 0 Å². The number of amides is 1. The van der Waals surface area contributed by atoms with Crippen LogP contribution in [0.2, 0.25) is 0 Å². The second-order valence-electron chi connectivity index (χ2n) is 7.81. The van der Waals surface area contributed by atoms with E-state index in [2.05, 4.69) is 15.0 Å². The van der Waals surface area contributed by atoms with Crippen molar-refractivity contribution in [1.82, 2.24) is 19.7 Å². The van der Waals surface area contributed by atoms with Crippen LogP contribution in [0.5, 0.6) is 0 Å². The molecule has 0 aliphatic carbocycles. The van der Waals surface area contributed by atoms with Gasteiger partial charge in [-0.15, -0.1) is 0 Å². The average Bonchev–Trinajstić information content (AvgIpc) is 3.44. The molecule has 0 radical (unpaired) electrons. The second-order valence-corrected chi connectivity index (χ2v) is 7.81. The number of likely N-dealkylation sites (tertiary alicyclic amines) is 1. The van der Waals surface area contributed by atoms with Crippen molar-refractivity contribution in [3.8, 4) is 0 Å². The van der Waals surface area contributed by atoms with E-state index in [9.17, 15) is 31.1 Å². The standard InChI is InChI=1S/C16H19N5O.2C2HF3O2/c1-19-10-14(6-18-19)21-8-12-7-20(11-15(12)16(21)22)9-13-4-2-3-5-17-13;2*3-2(4,5)1(6)7/h2-6,10,12,15H,7-9,11H2,1H3;2*(H,6,7)/t12-,15-;;/m0../s1. The Morgan fingerprint density at radius 2 is 1.61 bits per heavy atom. The van der Waals surface area contributed by atoms with Crippen molar-refractivity contribution < 1.29 is 50.9 Å². The Balaban J connectivity index is 0.000000271. The van der Waals surface area contributed by atoms with Crippen LogP contribution in [0.25, 0.3) is 0 Å². The summed E-state index contributed by atoms with van der Waals surface area (Å²) in [7, 11) is 1.87. The van der Waals surface area contributed by atoms with E-state index in [0.717, 1.165) is 37.6 Å². The van der Waals surface area contributed by atoms with E-state index in [4.69, 9.17) is 19.8 Å². The molecule has 4 rings (SSSR count). The fraction of sp³-hybridized carbons (Fsp3) is 0.450. The van der Waals surface area contributed by atoms with Crippen LogP contribution in [-0.4, -0.2) is 79.7 Å². The molecule has 2 aliphatic heterocycles. The topological polar surface area (TPSA) is 129 Å². The summed E-state index contributed by atoms with van der Waals surface area (Å²) in [5.74, 6) is -4.75. The molecular weight excluding hydrogens is 504 g/mol. The molecular formula is C20H21F6N5O5. The fourth-order valence-corrected chi connectivity index (χ4v) is 3.58.